The quantitative estimate of drug-likeness (QED) is 0.897. The van der Waals surface area contributed by atoms with Gasteiger partial charge in [0.2, 0.25) is 0 Å². The highest BCUT2D eigenvalue weighted by Gasteiger charge is 2.28. The summed E-state index contributed by atoms with van der Waals surface area (Å²) in [5.74, 6) is 0. The van der Waals surface area contributed by atoms with Crippen LogP contribution in [0.25, 0.3) is 0 Å². The van der Waals surface area contributed by atoms with Crippen molar-refractivity contribution in [1.82, 2.24) is 15.2 Å². The van der Waals surface area contributed by atoms with Crippen molar-refractivity contribution in [2.24, 2.45) is 0 Å². The zero-order valence-corrected chi connectivity index (χ0v) is 12.0. The third-order valence-electron chi connectivity index (χ3n) is 3.59. The van der Waals surface area contributed by atoms with Gasteiger partial charge < -0.3 is 5.32 Å². The standard InChI is InChI=1S/C13H23N3S/c1-5-12-7-15-13(17-12)11(4)16-8-9(2)14-6-10(16)3/h7,9-11,14H,5-6,8H2,1-4H3. The molecule has 96 valence electrons. The van der Waals surface area contributed by atoms with Crippen LogP contribution in [0.15, 0.2) is 6.20 Å². The molecule has 1 fully saturated rings. The van der Waals surface area contributed by atoms with Crippen LogP contribution in [-0.4, -0.2) is 35.1 Å². The van der Waals surface area contributed by atoms with Crippen molar-refractivity contribution in [3.8, 4) is 0 Å². The molecule has 4 heteroatoms. The first-order valence-corrected chi connectivity index (χ1v) is 7.37. The van der Waals surface area contributed by atoms with E-state index in [9.17, 15) is 0 Å². The van der Waals surface area contributed by atoms with Gasteiger partial charge in [0.25, 0.3) is 0 Å². The summed E-state index contributed by atoms with van der Waals surface area (Å²) in [6, 6.07) is 1.62. The third kappa shape index (κ3) is 2.87. The lowest BCUT2D eigenvalue weighted by Gasteiger charge is -2.40. The molecule has 1 N–H and O–H groups in total. The highest BCUT2D eigenvalue weighted by molar-refractivity contribution is 7.11. The Morgan fingerprint density at radius 3 is 3.00 bits per heavy atom. The van der Waals surface area contributed by atoms with E-state index in [-0.39, 0.29) is 0 Å². The first-order valence-electron chi connectivity index (χ1n) is 6.55. The molecule has 3 nitrogen and oxygen atoms in total. The normalized spacial score (nSPS) is 28.2. The zero-order chi connectivity index (χ0) is 12.4. The first-order chi connectivity index (χ1) is 8.11. The van der Waals surface area contributed by atoms with Gasteiger partial charge in [0.05, 0.1) is 6.04 Å². The van der Waals surface area contributed by atoms with E-state index in [0.29, 0.717) is 18.1 Å². The van der Waals surface area contributed by atoms with Gasteiger partial charge in [-0.2, -0.15) is 0 Å². The summed E-state index contributed by atoms with van der Waals surface area (Å²) < 4.78 is 0. The van der Waals surface area contributed by atoms with Crippen LogP contribution >= 0.6 is 11.3 Å². The van der Waals surface area contributed by atoms with Crippen LogP contribution in [0, 0.1) is 0 Å². The molecule has 2 heterocycles. The van der Waals surface area contributed by atoms with Gasteiger partial charge in [-0.15, -0.1) is 11.3 Å². The largest absolute Gasteiger partial charge is 0.311 e. The van der Waals surface area contributed by atoms with E-state index in [1.807, 2.05) is 17.5 Å². The Morgan fingerprint density at radius 1 is 1.59 bits per heavy atom. The molecule has 0 bridgehead atoms. The maximum Gasteiger partial charge on any atom is 0.110 e. The Bertz CT molecular complexity index is 363. The summed E-state index contributed by atoms with van der Waals surface area (Å²) in [6.45, 7) is 11.2. The van der Waals surface area contributed by atoms with Crippen molar-refractivity contribution in [2.75, 3.05) is 13.1 Å². The molecule has 1 aromatic heterocycles. The second kappa shape index (κ2) is 5.46. The number of thiazole rings is 1. The lowest BCUT2D eigenvalue weighted by Crippen LogP contribution is -2.54. The summed E-state index contributed by atoms with van der Waals surface area (Å²) in [5.41, 5.74) is 0. The molecular formula is C13H23N3S. The third-order valence-corrected chi connectivity index (χ3v) is 4.90. The minimum atomic E-state index is 0.444. The summed E-state index contributed by atoms with van der Waals surface area (Å²) in [6.07, 6.45) is 3.13. The fourth-order valence-electron chi connectivity index (χ4n) is 2.41. The molecule has 17 heavy (non-hydrogen) atoms. The van der Waals surface area contributed by atoms with Gasteiger partial charge in [0.1, 0.15) is 5.01 Å². The van der Waals surface area contributed by atoms with Gasteiger partial charge in [0, 0.05) is 36.2 Å². The van der Waals surface area contributed by atoms with Crippen molar-refractivity contribution in [1.29, 1.82) is 0 Å². The predicted octanol–water partition coefficient (Wildman–Crippen LogP) is 2.45. The van der Waals surface area contributed by atoms with Gasteiger partial charge in [-0.1, -0.05) is 6.92 Å². The van der Waals surface area contributed by atoms with Gasteiger partial charge >= 0.3 is 0 Å². The molecule has 1 saturated heterocycles. The number of aryl methyl sites for hydroxylation is 1. The van der Waals surface area contributed by atoms with Crippen LogP contribution in [-0.2, 0) is 6.42 Å². The molecule has 0 aliphatic carbocycles. The summed E-state index contributed by atoms with van der Waals surface area (Å²) in [5, 5.41) is 4.79. The Morgan fingerprint density at radius 2 is 2.35 bits per heavy atom. The number of nitrogens with zero attached hydrogens (tertiary/aromatic N) is 2. The lowest BCUT2D eigenvalue weighted by molar-refractivity contribution is 0.103. The Balaban J connectivity index is 2.09. The van der Waals surface area contributed by atoms with Crippen LogP contribution in [0.2, 0.25) is 0 Å². The van der Waals surface area contributed by atoms with E-state index in [1.165, 1.54) is 9.88 Å². The zero-order valence-electron chi connectivity index (χ0n) is 11.2. The number of piperazine rings is 1. The first kappa shape index (κ1) is 13.0. The van der Waals surface area contributed by atoms with Crippen LogP contribution < -0.4 is 5.32 Å². The molecule has 0 aromatic carbocycles. The minimum absolute atomic E-state index is 0.444. The van der Waals surface area contributed by atoms with Gasteiger partial charge in [-0.25, -0.2) is 4.98 Å². The van der Waals surface area contributed by atoms with Crippen molar-refractivity contribution in [3.05, 3.63) is 16.1 Å². The second-order valence-corrected chi connectivity index (χ2v) is 6.20. The Labute approximate surface area is 108 Å². The molecule has 1 aromatic rings. The molecule has 3 atom stereocenters. The summed E-state index contributed by atoms with van der Waals surface area (Å²) in [7, 11) is 0. The molecule has 0 spiro atoms. The predicted molar refractivity (Wildman–Crippen MR) is 73.5 cm³/mol. The average Bonchev–Trinajstić information content (AvgIpc) is 2.80. The molecule has 3 unspecified atom stereocenters. The SMILES string of the molecule is CCc1cnc(C(C)N2CC(C)NCC2C)s1. The maximum absolute atomic E-state index is 4.58. The summed E-state index contributed by atoms with van der Waals surface area (Å²) in [4.78, 5) is 8.54. The Hall–Kier alpha value is -0.450. The van der Waals surface area contributed by atoms with E-state index in [2.05, 4.69) is 42.9 Å². The van der Waals surface area contributed by atoms with E-state index < -0.39 is 0 Å². The van der Waals surface area contributed by atoms with Gasteiger partial charge in [0.15, 0.2) is 0 Å². The number of hydrogen-bond acceptors (Lipinski definition) is 4. The number of rotatable bonds is 3. The van der Waals surface area contributed by atoms with Gasteiger partial charge in [-0.05, 0) is 27.2 Å². The fourth-order valence-corrected chi connectivity index (χ4v) is 3.34. The average molecular weight is 253 g/mol. The van der Waals surface area contributed by atoms with Crippen molar-refractivity contribution >= 4 is 11.3 Å². The van der Waals surface area contributed by atoms with E-state index >= 15 is 0 Å². The number of nitrogens with one attached hydrogen (secondary N) is 1. The number of aromatic nitrogens is 1. The van der Waals surface area contributed by atoms with Crippen LogP contribution in [0.1, 0.15) is 43.6 Å². The topological polar surface area (TPSA) is 28.2 Å². The monoisotopic (exact) mass is 253 g/mol. The van der Waals surface area contributed by atoms with Crippen molar-refractivity contribution < 1.29 is 0 Å². The number of hydrogen-bond donors (Lipinski definition) is 1. The highest BCUT2D eigenvalue weighted by atomic mass is 32.1. The van der Waals surface area contributed by atoms with Crippen LogP contribution in [0.4, 0.5) is 0 Å². The molecule has 1 aliphatic heterocycles. The van der Waals surface area contributed by atoms with E-state index in [0.717, 1.165) is 19.5 Å². The molecular weight excluding hydrogens is 230 g/mol. The van der Waals surface area contributed by atoms with Crippen molar-refractivity contribution in [2.45, 2.75) is 52.2 Å². The van der Waals surface area contributed by atoms with E-state index in [4.69, 9.17) is 0 Å². The maximum atomic E-state index is 4.58. The molecule has 1 aliphatic rings. The van der Waals surface area contributed by atoms with Crippen molar-refractivity contribution in [3.63, 3.8) is 0 Å². The van der Waals surface area contributed by atoms with Crippen LogP contribution in [0.3, 0.4) is 0 Å². The second-order valence-electron chi connectivity index (χ2n) is 5.05. The molecule has 0 radical (unpaired) electrons. The molecule has 2 rings (SSSR count). The molecule has 0 amide bonds. The molecule has 0 saturated carbocycles. The lowest BCUT2D eigenvalue weighted by atomic mass is 10.1. The fraction of sp³-hybridized carbons (Fsp3) is 0.769. The smallest absolute Gasteiger partial charge is 0.110 e. The highest BCUT2D eigenvalue weighted by Crippen LogP contribution is 2.27. The Kier molecular flexibility index (Phi) is 4.17. The van der Waals surface area contributed by atoms with E-state index in [1.54, 1.807) is 0 Å². The van der Waals surface area contributed by atoms with Gasteiger partial charge in [-0.3, -0.25) is 4.90 Å². The summed E-state index contributed by atoms with van der Waals surface area (Å²) >= 11 is 1.86. The van der Waals surface area contributed by atoms with Crippen LogP contribution in [0.5, 0.6) is 0 Å². The minimum Gasteiger partial charge on any atom is -0.311 e.